The van der Waals surface area contributed by atoms with Gasteiger partial charge in [-0.25, -0.2) is 13.2 Å². The molecule has 3 unspecified atom stereocenters. The minimum Gasteiger partial charge on any atom is -0.328 e. The maximum absolute atomic E-state index is 12.8. The Kier molecular flexibility index (Phi) is 6.94. The standard InChI is InChI=1S/C8H15F4N/c9-4-2-1-3-6(10)8(12)7(11)5-13/h6-8H,1-5,13H2. The van der Waals surface area contributed by atoms with Crippen molar-refractivity contribution in [1.82, 2.24) is 0 Å². The van der Waals surface area contributed by atoms with Gasteiger partial charge in [-0.15, -0.1) is 0 Å². The van der Waals surface area contributed by atoms with E-state index >= 15 is 0 Å². The summed E-state index contributed by atoms with van der Waals surface area (Å²) in [6, 6.07) is 0. The summed E-state index contributed by atoms with van der Waals surface area (Å²) in [4.78, 5) is 0. The normalized spacial score (nSPS) is 18.2. The van der Waals surface area contributed by atoms with Crippen LogP contribution in [0.4, 0.5) is 17.6 Å². The highest BCUT2D eigenvalue weighted by molar-refractivity contribution is 4.76. The summed E-state index contributed by atoms with van der Waals surface area (Å²) in [6.45, 7) is -1.08. The summed E-state index contributed by atoms with van der Waals surface area (Å²) >= 11 is 0. The zero-order valence-corrected chi connectivity index (χ0v) is 7.36. The van der Waals surface area contributed by atoms with Crippen molar-refractivity contribution in [1.29, 1.82) is 0 Å². The Balaban J connectivity index is 3.62. The summed E-state index contributed by atoms with van der Waals surface area (Å²) in [5, 5.41) is 0. The molecule has 0 aromatic rings. The van der Waals surface area contributed by atoms with Gasteiger partial charge in [0, 0.05) is 6.54 Å². The van der Waals surface area contributed by atoms with Crippen LogP contribution in [0.25, 0.3) is 0 Å². The SMILES string of the molecule is NCC(F)C(F)C(F)CCCCF. The second-order valence-electron chi connectivity index (χ2n) is 2.90. The molecule has 0 rings (SSSR count). The van der Waals surface area contributed by atoms with Crippen molar-refractivity contribution in [2.75, 3.05) is 13.2 Å². The third-order valence-corrected chi connectivity index (χ3v) is 1.78. The number of nitrogens with two attached hydrogens (primary N) is 1. The van der Waals surface area contributed by atoms with Crippen LogP contribution in [-0.4, -0.2) is 31.7 Å². The van der Waals surface area contributed by atoms with E-state index in [9.17, 15) is 17.6 Å². The maximum Gasteiger partial charge on any atom is 0.163 e. The highest BCUT2D eigenvalue weighted by atomic mass is 19.2. The highest BCUT2D eigenvalue weighted by Gasteiger charge is 2.28. The maximum atomic E-state index is 12.8. The van der Waals surface area contributed by atoms with E-state index in [1.54, 1.807) is 0 Å². The van der Waals surface area contributed by atoms with Crippen LogP contribution in [0, 0.1) is 0 Å². The van der Waals surface area contributed by atoms with Crippen LogP contribution in [0.2, 0.25) is 0 Å². The minimum atomic E-state index is -2.18. The molecule has 0 aliphatic rings. The van der Waals surface area contributed by atoms with E-state index in [1.165, 1.54) is 0 Å². The van der Waals surface area contributed by atoms with Crippen molar-refractivity contribution in [2.24, 2.45) is 5.73 Å². The Morgan fingerprint density at radius 2 is 1.62 bits per heavy atom. The van der Waals surface area contributed by atoms with Gasteiger partial charge in [0.25, 0.3) is 0 Å². The first-order valence-electron chi connectivity index (χ1n) is 4.31. The van der Waals surface area contributed by atoms with Crippen molar-refractivity contribution in [3.8, 4) is 0 Å². The van der Waals surface area contributed by atoms with Crippen LogP contribution in [0.5, 0.6) is 0 Å². The Morgan fingerprint density at radius 3 is 2.08 bits per heavy atom. The largest absolute Gasteiger partial charge is 0.328 e. The van der Waals surface area contributed by atoms with Gasteiger partial charge in [0.15, 0.2) is 6.17 Å². The molecule has 3 atom stereocenters. The average Bonchev–Trinajstić information content (AvgIpc) is 2.15. The number of halogens is 4. The Hall–Kier alpha value is -0.320. The predicted molar refractivity (Wildman–Crippen MR) is 43.6 cm³/mol. The quantitative estimate of drug-likeness (QED) is 0.495. The number of rotatable bonds is 7. The lowest BCUT2D eigenvalue weighted by Crippen LogP contribution is -2.33. The van der Waals surface area contributed by atoms with Crippen LogP contribution in [0.15, 0.2) is 0 Å². The van der Waals surface area contributed by atoms with E-state index in [-0.39, 0.29) is 19.3 Å². The van der Waals surface area contributed by atoms with Gasteiger partial charge in [-0.1, -0.05) is 0 Å². The van der Waals surface area contributed by atoms with Crippen molar-refractivity contribution >= 4 is 0 Å². The molecule has 0 saturated carbocycles. The van der Waals surface area contributed by atoms with Gasteiger partial charge < -0.3 is 5.73 Å². The Morgan fingerprint density at radius 1 is 1.00 bits per heavy atom. The first-order valence-corrected chi connectivity index (χ1v) is 4.31. The van der Waals surface area contributed by atoms with Crippen LogP contribution in [0.3, 0.4) is 0 Å². The predicted octanol–water partition coefficient (Wildman–Crippen LogP) is 2.10. The van der Waals surface area contributed by atoms with E-state index in [4.69, 9.17) is 5.73 Å². The van der Waals surface area contributed by atoms with E-state index < -0.39 is 31.7 Å². The summed E-state index contributed by atoms with van der Waals surface area (Å²) in [7, 11) is 0. The van der Waals surface area contributed by atoms with Crippen LogP contribution >= 0.6 is 0 Å². The zero-order valence-electron chi connectivity index (χ0n) is 7.36. The van der Waals surface area contributed by atoms with Crippen molar-refractivity contribution in [2.45, 2.75) is 37.8 Å². The third-order valence-electron chi connectivity index (χ3n) is 1.78. The van der Waals surface area contributed by atoms with Crippen LogP contribution in [0.1, 0.15) is 19.3 Å². The van der Waals surface area contributed by atoms with E-state index in [2.05, 4.69) is 0 Å². The van der Waals surface area contributed by atoms with Crippen molar-refractivity contribution < 1.29 is 17.6 Å². The molecule has 1 nitrogen and oxygen atoms in total. The van der Waals surface area contributed by atoms with Gasteiger partial charge in [0.05, 0.1) is 6.67 Å². The van der Waals surface area contributed by atoms with Crippen molar-refractivity contribution in [3.05, 3.63) is 0 Å². The smallest absolute Gasteiger partial charge is 0.163 e. The highest BCUT2D eigenvalue weighted by Crippen LogP contribution is 2.16. The fourth-order valence-corrected chi connectivity index (χ4v) is 0.950. The van der Waals surface area contributed by atoms with Gasteiger partial charge in [-0.05, 0) is 19.3 Å². The number of hydrogen-bond acceptors (Lipinski definition) is 1. The molecule has 0 fully saturated rings. The molecule has 0 heterocycles. The molecule has 13 heavy (non-hydrogen) atoms. The lowest BCUT2D eigenvalue weighted by molar-refractivity contribution is 0.0796. The molecule has 0 aromatic heterocycles. The molecule has 5 heteroatoms. The molecule has 0 saturated heterocycles. The number of unbranched alkanes of at least 4 members (excludes halogenated alkanes) is 1. The average molecular weight is 201 g/mol. The molecule has 2 N–H and O–H groups in total. The summed E-state index contributed by atoms with van der Waals surface area (Å²) in [5.74, 6) is 0. The van der Waals surface area contributed by atoms with E-state index in [1.807, 2.05) is 0 Å². The molecule has 80 valence electrons. The molecule has 0 aliphatic carbocycles. The van der Waals surface area contributed by atoms with E-state index in [0.29, 0.717) is 0 Å². The molecule has 0 aliphatic heterocycles. The van der Waals surface area contributed by atoms with Crippen LogP contribution in [-0.2, 0) is 0 Å². The second kappa shape index (κ2) is 7.12. The molecular formula is C8H15F4N. The van der Waals surface area contributed by atoms with Gasteiger partial charge in [0.1, 0.15) is 12.3 Å². The Bertz CT molecular complexity index is 123. The third kappa shape index (κ3) is 5.08. The summed E-state index contributed by atoms with van der Waals surface area (Å²) < 4.78 is 49.5. The molecule has 0 radical (unpaired) electrons. The molecular weight excluding hydrogens is 186 g/mol. The van der Waals surface area contributed by atoms with Crippen LogP contribution < -0.4 is 5.73 Å². The number of hydrogen-bond donors (Lipinski definition) is 1. The van der Waals surface area contributed by atoms with Gasteiger partial charge >= 0.3 is 0 Å². The molecule has 0 amide bonds. The first-order chi connectivity index (χ1) is 6.13. The van der Waals surface area contributed by atoms with Gasteiger partial charge in [-0.3, -0.25) is 4.39 Å². The lowest BCUT2D eigenvalue weighted by Gasteiger charge is -2.15. The summed E-state index contributed by atoms with van der Waals surface area (Å²) in [5.41, 5.74) is 4.82. The molecule has 0 spiro atoms. The summed E-state index contributed by atoms with van der Waals surface area (Å²) in [6.07, 6.45) is -5.73. The fourth-order valence-electron chi connectivity index (χ4n) is 0.950. The number of alkyl halides is 4. The fraction of sp³-hybridized carbons (Fsp3) is 1.00. The topological polar surface area (TPSA) is 26.0 Å². The van der Waals surface area contributed by atoms with Gasteiger partial charge in [0.2, 0.25) is 0 Å². The Labute approximate surface area is 75.3 Å². The second-order valence-corrected chi connectivity index (χ2v) is 2.90. The molecule has 0 bridgehead atoms. The van der Waals surface area contributed by atoms with Gasteiger partial charge in [-0.2, -0.15) is 0 Å². The van der Waals surface area contributed by atoms with E-state index in [0.717, 1.165) is 0 Å². The zero-order chi connectivity index (χ0) is 10.3. The first kappa shape index (κ1) is 12.7. The lowest BCUT2D eigenvalue weighted by atomic mass is 10.1. The van der Waals surface area contributed by atoms with Crippen molar-refractivity contribution in [3.63, 3.8) is 0 Å². The molecule has 0 aromatic carbocycles. The monoisotopic (exact) mass is 201 g/mol. The minimum absolute atomic E-state index is 0.147.